The summed E-state index contributed by atoms with van der Waals surface area (Å²) in [5, 5.41) is 1.05. The molecular formula is C6H9Cl. The Balaban J connectivity index is 2.50. The lowest BCUT2D eigenvalue weighted by Gasteiger charge is -1.89. The van der Waals surface area contributed by atoms with E-state index in [0.29, 0.717) is 0 Å². The molecule has 0 spiro atoms. The van der Waals surface area contributed by atoms with Crippen molar-refractivity contribution in [1.82, 2.24) is 0 Å². The van der Waals surface area contributed by atoms with Gasteiger partial charge in [-0.1, -0.05) is 24.6 Å². The Labute approximate surface area is 49.2 Å². The van der Waals surface area contributed by atoms with Crippen LogP contribution in [0, 0.1) is 5.92 Å². The van der Waals surface area contributed by atoms with Gasteiger partial charge in [0.1, 0.15) is 0 Å². The van der Waals surface area contributed by atoms with Gasteiger partial charge in [-0.05, 0) is 18.8 Å². The van der Waals surface area contributed by atoms with Gasteiger partial charge in [-0.3, -0.25) is 0 Å². The molecule has 0 radical (unpaired) electrons. The maximum atomic E-state index is 5.67. The van der Waals surface area contributed by atoms with Crippen molar-refractivity contribution >= 4 is 11.6 Å². The third-order valence-electron chi connectivity index (χ3n) is 1.30. The van der Waals surface area contributed by atoms with Crippen LogP contribution in [0.5, 0.6) is 0 Å². The van der Waals surface area contributed by atoms with E-state index >= 15 is 0 Å². The molecule has 0 aliphatic heterocycles. The Hall–Kier alpha value is 0.0300. The molecule has 0 aromatic rings. The average molecular weight is 117 g/mol. The van der Waals surface area contributed by atoms with E-state index in [4.69, 9.17) is 11.6 Å². The van der Waals surface area contributed by atoms with E-state index in [1.807, 2.05) is 0 Å². The zero-order valence-electron chi connectivity index (χ0n) is 4.45. The van der Waals surface area contributed by atoms with Crippen LogP contribution < -0.4 is 0 Å². The molecule has 0 N–H and O–H groups in total. The van der Waals surface area contributed by atoms with E-state index < -0.39 is 0 Å². The molecule has 0 amide bonds. The monoisotopic (exact) mass is 116 g/mol. The average Bonchev–Trinajstić information content (AvgIpc) is 1.87. The van der Waals surface area contributed by atoms with Crippen LogP contribution in [0.2, 0.25) is 0 Å². The van der Waals surface area contributed by atoms with Gasteiger partial charge in [0, 0.05) is 5.03 Å². The molecule has 0 fully saturated rings. The summed E-state index contributed by atoms with van der Waals surface area (Å²) in [5.41, 5.74) is 0. The van der Waals surface area contributed by atoms with Gasteiger partial charge >= 0.3 is 0 Å². The summed E-state index contributed by atoms with van der Waals surface area (Å²) >= 11 is 5.67. The highest BCUT2D eigenvalue weighted by molar-refractivity contribution is 6.29. The van der Waals surface area contributed by atoms with Crippen LogP contribution in [0.3, 0.4) is 0 Å². The van der Waals surface area contributed by atoms with Crippen molar-refractivity contribution in [3.05, 3.63) is 11.1 Å². The number of hydrogen-bond donors (Lipinski definition) is 0. The third-order valence-corrected chi connectivity index (χ3v) is 1.62. The van der Waals surface area contributed by atoms with Crippen molar-refractivity contribution in [2.75, 3.05) is 0 Å². The zero-order valence-corrected chi connectivity index (χ0v) is 5.20. The van der Waals surface area contributed by atoms with E-state index in [0.717, 1.165) is 17.4 Å². The molecule has 1 unspecified atom stereocenters. The fraction of sp³-hybridized carbons (Fsp3) is 0.667. The largest absolute Gasteiger partial charge is 0.0895 e. The Bertz CT molecular complexity index is 94.4. The van der Waals surface area contributed by atoms with Gasteiger partial charge in [-0.15, -0.1) is 0 Å². The molecule has 0 aromatic heterocycles. The molecule has 0 bridgehead atoms. The minimum Gasteiger partial charge on any atom is -0.0895 e. The zero-order chi connectivity index (χ0) is 5.28. The summed E-state index contributed by atoms with van der Waals surface area (Å²) in [4.78, 5) is 0. The molecule has 1 aliphatic carbocycles. The topological polar surface area (TPSA) is 0 Å². The van der Waals surface area contributed by atoms with E-state index in [1.165, 1.54) is 6.42 Å². The van der Waals surface area contributed by atoms with Gasteiger partial charge in [0.2, 0.25) is 0 Å². The smallest absolute Gasteiger partial charge is 0.0144 e. The molecule has 0 aromatic carbocycles. The van der Waals surface area contributed by atoms with Crippen LogP contribution in [0.25, 0.3) is 0 Å². The second-order valence-corrected chi connectivity index (χ2v) is 2.61. The molecule has 0 heterocycles. The van der Waals surface area contributed by atoms with Crippen molar-refractivity contribution in [3.8, 4) is 0 Å². The summed E-state index contributed by atoms with van der Waals surface area (Å²) in [7, 11) is 0. The molecule has 7 heavy (non-hydrogen) atoms. The quantitative estimate of drug-likeness (QED) is 0.456. The minimum absolute atomic E-state index is 0.729. The van der Waals surface area contributed by atoms with Crippen LogP contribution in [0.15, 0.2) is 11.1 Å². The fourth-order valence-corrected chi connectivity index (χ4v) is 1.17. The first kappa shape index (κ1) is 5.17. The standard InChI is InChI=1S/C6H9Cl/c1-5-2-3-6(7)4-5/h4-5H,2-3H2,1H3. The summed E-state index contributed by atoms with van der Waals surface area (Å²) < 4.78 is 0. The van der Waals surface area contributed by atoms with Crippen molar-refractivity contribution in [2.45, 2.75) is 19.8 Å². The van der Waals surface area contributed by atoms with Gasteiger partial charge in [0.05, 0.1) is 0 Å². The van der Waals surface area contributed by atoms with Crippen molar-refractivity contribution in [3.63, 3.8) is 0 Å². The Morgan fingerprint density at radius 1 is 1.86 bits per heavy atom. The molecule has 0 saturated carbocycles. The van der Waals surface area contributed by atoms with Gasteiger partial charge in [-0.2, -0.15) is 0 Å². The van der Waals surface area contributed by atoms with Crippen LogP contribution in [0.1, 0.15) is 19.8 Å². The predicted molar refractivity (Wildman–Crippen MR) is 32.3 cm³/mol. The fourth-order valence-electron chi connectivity index (χ4n) is 0.841. The van der Waals surface area contributed by atoms with Gasteiger partial charge in [0.25, 0.3) is 0 Å². The molecule has 1 atom stereocenters. The molecule has 1 heteroatoms. The van der Waals surface area contributed by atoms with Crippen LogP contribution in [-0.2, 0) is 0 Å². The van der Waals surface area contributed by atoms with Gasteiger partial charge < -0.3 is 0 Å². The van der Waals surface area contributed by atoms with E-state index in [2.05, 4.69) is 13.0 Å². The third kappa shape index (κ3) is 1.20. The van der Waals surface area contributed by atoms with E-state index in [1.54, 1.807) is 0 Å². The van der Waals surface area contributed by atoms with Crippen molar-refractivity contribution in [2.24, 2.45) is 5.92 Å². The lowest BCUT2D eigenvalue weighted by Crippen LogP contribution is -1.76. The Morgan fingerprint density at radius 3 is 2.71 bits per heavy atom. The molecule has 40 valence electrons. The first-order valence-corrected chi connectivity index (χ1v) is 3.03. The first-order valence-electron chi connectivity index (χ1n) is 2.65. The highest BCUT2D eigenvalue weighted by Crippen LogP contribution is 2.25. The minimum atomic E-state index is 0.729. The summed E-state index contributed by atoms with van der Waals surface area (Å²) in [6.45, 7) is 2.19. The van der Waals surface area contributed by atoms with Crippen molar-refractivity contribution < 1.29 is 0 Å². The Kier molecular flexibility index (Phi) is 1.38. The van der Waals surface area contributed by atoms with Crippen molar-refractivity contribution in [1.29, 1.82) is 0 Å². The van der Waals surface area contributed by atoms with Gasteiger partial charge in [0.15, 0.2) is 0 Å². The van der Waals surface area contributed by atoms with E-state index in [9.17, 15) is 0 Å². The van der Waals surface area contributed by atoms with Crippen LogP contribution in [-0.4, -0.2) is 0 Å². The summed E-state index contributed by atoms with van der Waals surface area (Å²) in [5.74, 6) is 0.729. The summed E-state index contributed by atoms with van der Waals surface area (Å²) in [6, 6.07) is 0. The highest BCUT2D eigenvalue weighted by atomic mass is 35.5. The van der Waals surface area contributed by atoms with Crippen LogP contribution >= 0.6 is 11.6 Å². The normalized spacial score (nSPS) is 30.6. The molecular weight excluding hydrogens is 108 g/mol. The second kappa shape index (κ2) is 1.87. The molecule has 0 nitrogen and oxygen atoms in total. The number of halogens is 1. The molecule has 1 rings (SSSR count). The van der Waals surface area contributed by atoms with E-state index in [-0.39, 0.29) is 0 Å². The molecule has 1 aliphatic rings. The maximum absolute atomic E-state index is 5.67. The summed E-state index contributed by atoms with van der Waals surface area (Å²) in [6.07, 6.45) is 4.48. The second-order valence-electron chi connectivity index (χ2n) is 2.13. The SMILES string of the molecule is CC1C=C(Cl)CC1. The highest BCUT2D eigenvalue weighted by Gasteiger charge is 2.07. The number of allylic oxidation sites excluding steroid dienone is 2. The lowest BCUT2D eigenvalue weighted by atomic mass is 10.2. The van der Waals surface area contributed by atoms with Gasteiger partial charge in [-0.25, -0.2) is 0 Å². The Morgan fingerprint density at radius 2 is 2.57 bits per heavy atom. The first-order chi connectivity index (χ1) is 3.29. The predicted octanol–water partition coefficient (Wildman–Crippen LogP) is 2.54. The number of rotatable bonds is 0. The maximum Gasteiger partial charge on any atom is 0.0144 e. The van der Waals surface area contributed by atoms with Crippen LogP contribution in [0.4, 0.5) is 0 Å². The molecule has 0 saturated heterocycles. The lowest BCUT2D eigenvalue weighted by molar-refractivity contribution is 0.700. The number of hydrogen-bond acceptors (Lipinski definition) is 0.